The normalized spacial score (nSPS) is 29.8. The van der Waals surface area contributed by atoms with Gasteiger partial charge in [0.05, 0.1) is 11.8 Å². The molecule has 2 aromatic heterocycles. The zero-order valence-electron chi connectivity index (χ0n) is 18.7. The van der Waals surface area contributed by atoms with Gasteiger partial charge in [0, 0.05) is 55.7 Å². The number of rotatable bonds is 7. The maximum atomic E-state index is 12.7. The first-order valence-corrected chi connectivity index (χ1v) is 11.4. The minimum absolute atomic E-state index is 0.0574. The Morgan fingerprint density at radius 2 is 1.94 bits per heavy atom. The quantitative estimate of drug-likeness (QED) is 0.693. The molecule has 0 amide bonds. The molecule has 2 aromatic rings. The highest BCUT2D eigenvalue weighted by molar-refractivity contribution is 5.64. The van der Waals surface area contributed by atoms with Crippen molar-refractivity contribution in [1.82, 2.24) is 19.7 Å². The molecule has 0 aromatic carbocycles. The van der Waals surface area contributed by atoms with Crippen molar-refractivity contribution < 1.29 is 18.3 Å². The van der Waals surface area contributed by atoms with E-state index < -0.39 is 6.61 Å². The summed E-state index contributed by atoms with van der Waals surface area (Å²) in [5.41, 5.74) is 8.26. The predicted octanol–water partition coefficient (Wildman–Crippen LogP) is 3.92. The molecule has 2 saturated carbocycles. The van der Waals surface area contributed by atoms with Crippen molar-refractivity contribution in [3.63, 3.8) is 0 Å². The first-order chi connectivity index (χ1) is 15.4. The number of likely N-dealkylation sites (tertiary alicyclic amines) is 1. The zero-order valence-corrected chi connectivity index (χ0v) is 18.7. The number of hydrogen-bond acceptors (Lipinski definition) is 6. The maximum absolute atomic E-state index is 12.7. The molecule has 3 fully saturated rings. The minimum atomic E-state index is -2.95. The molecule has 2 N–H and O–H groups in total. The van der Waals surface area contributed by atoms with E-state index in [0.717, 1.165) is 19.5 Å². The molecular weight excluding hydrogens is 416 g/mol. The molecule has 5 atom stereocenters. The predicted molar refractivity (Wildman–Crippen MR) is 117 cm³/mol. The van der Waals surface area contributed by atoms with Crippen molar-refractivity contribution in [2.24, 2.45) is 11.8 Å². The molecule has 0 spiro atoms. The van der Waals surface area contributed by atoms with E-state index in [9.17, 15) is 8.78 Å². The zero-order chi connectivity index (χ0) is 22.6. The molecule has 9 heteroatoms. The number of halogens is 2. The molecule has 1 unspecified atom stereocenters. The van der Waals surface area contributed by atoms with Crippen LogP contribution in [-0.2, 0) is 4.74 Å². The summed E-state index contributed by atoms with van der Waals surface area (Å²) in [6.45, 7) is 3.46. The van der Waals surface area contributed by atoms with Crippen molar-refractivity contribution >= 4 is 5.82 Å². The summed E-state index contributed by atoms with van der Waals surface area (Å²) in [7, 11) is 1.81. The van der Waals surface area contributed by atoms with Crippen LogP contribution in [0.4, 0.5) is 14.6 Å². The summed E-state index contributed by atoms with van der Waals surface area (Å²) in [5, 5.41) is 4.80. The van der Waals surface area contributed by atoms with Gasteiger partial charge in [-0.3, -0.25) is 9.58 Å². The molecule has 1 saturated heterocycles. The Morgan fingerprint density at radius 1 is 1.19 bits per heavy atom. The summed E-state index contributed by atoms with van der Waals surface area (Å²) >= 11 is 0. The van der Waals surface area contributed by atoms with E-state index in [0.29, 0.717) is 41.2 Å². The number of nitrogens with zero attached hydrogens (tertiary/aromatic N) is 4. The minimum Gasteiger partial charge on any atom is -0.431 e. The molecular formula is C23H31F2N5O2. The van der Waals surface area contributed by atoms with Gasteiger partial charge in [0.1, 0.15) is 0 Å². The average Bonchev–Trinajstić information content (AvgIpc) is 3.23. The third kappa shape index (κ3) is 3.85. The summed E-state index contributed by atoms with van der Waals surface area (Å²) in [4.78, 5) is 6.64. The van der Waals surface area contributed by atoms with Crippen molar-refractivity contribution in [1.29, 1.82) is 0 Å². The van der Waals surface area contributed by atoms with Crippen molar-refractivity contribution in [3.8, 4) is 17.0 Å². The summed E-state index contributed by atoms with van der Waals surface area (Å²) in [6, 6.07) is 4.45. The number of fused-ring (bicyclic) bond motifs is 1. The van der Waals surface area contributed by atoms with Crippen molar-refractivity contribution in [3.05, 3.63) is 24.0 Å². The third-order valence-corrected chi connectivity index (χ3v) is 7.44. The number of nitrogen functional groups attached to an aromatic ring is 1. The summed E-state index contributed by atoms with van der Waals surface area (Å²) in [5.74, 6) is 1.70. The van der Waals surface area contributed by atoms with Crippen LogP contribution in [-0.4, -0.2) is 58.6 Å². The van der Waals surface area contributed by atoms with Gasteiger partial charge in [-0.05, 0) is 57.1 Å². The molecule has 174 valence electrons. The van der Waals surface area contributed by atoms with Crippen LogP contribution < -0.4 is 10.5 Å². The van der Waals surface area contributed by atoms with Gasteiger partial charge in [0.25, 0.3) is 0 Å². The fraction of sp³-hybridized carbons (Fsp3) is 0.652. The van der Waals surface area contributed by atoms with Gasteiger partial charge in [0.2, 0.25) is 0 Å². The first-order valence-electron chi connectivity index (χ1n) is 11.4. The lowest BCUT2D eigenvalue weighted by atomic mass is 10.0. The van der Waals surface area contributed by atoms with Crippen LogP contribution in [0.15, 0.2) is 18.3 Å². The van der Waals surface area contributed by atoms with Crippen LogP contribution in [0.25, 0.3) is 11.3 Å². The number of aromatic nitrogens is 3. The second kappa shape index (κ2) is 8.26. The standard InChI is InChI=1S/C23H31F2N5O2/c1-12(2)30-19(9-18(28-30)13-6-20(32-23(24)25)22(26)27-10-13)21-16-7-14(8-17(16)21)29-5-4-15(11-29)31-3/h6,9-10,12,14-17,21,23H,4-5,7-8,11H2,1-3H3,(H2,26,27)/t14?,15-,16-,17+,21-/m1/s1. The van der Waals surface area contributed by atoms with E-state index in [1.54, 1.807) is 13.3 Å². The second-order valence-corrected chi connectivity index (χ2v) is 9.60. The third-order valence-electron chi connectivity index (χ3n) is 7.44. The highest BCUT2D eigenvalue weighted by Gasteiger charge is 2.59. The lowest BCUT2D eigenvalue weighted by Gasteiger charge is -2.26. The summed E-state index contributed by atoms with van der Waals surface area (Å²) in [6.07, 6.45) is 5.51. The van der Waals surface area contributed by atoms with E-state index in [-0.39, 0.29) is 17.6 Å². The van der Waals surface area contributed by atoms with Crippen LogP contribution in [0, 0.1) is 11.8 Å². The van der Waals surface area contributed by atoms with Crippen LogP contribution >= 0.6 is 0 Å². The van der Waals surface area contributed by atoms with E-state index >= 15 is 0 Å². The number of pyridine rings is 1. The Morgan fingerprint density at radius 3 is 2.56 bits per heavy atom. The molecule has 3 aliphatic rings. The van der Waals surface area contributed by atoms with Gasteiger partial charge >= 0.3 is 6.61 Å². The van der Waals surface area contributed by atoms with Gasteiger partial charge in [-0.2, -0.15) is 13.9 Å². The number of anilines is 1. The Hall–Kier alpha value is -2.26. The number of alkyl halides is 2. The lowest BCUT2D eigenvalue weighted by Crippen LogP contribution is -2.33. The SMILES string of the molecule is CO[C@@H]1CCN(C2C[C@@H]3[C@H](C2)[C@@H]3c2cc(-c3cnc(N)c(OC(F)F)c3)nn2C(C)C)C1. The van der Waals surface area contributed by atoms with Gasteiger partial charge < -0.3 is 15.2 Å². The first kappa shape index (κ1) is 21.6. The fourth-order valence-electron chi connectivity index (χ4n) is 5.83. The van der Waals surface area contributed by atoms with Gasteiger partial charge in [-0.15, -0.1) is 0 Å². The maximum Gasteiger partial charge on any atom is 0.387 e. The van der Waals surface area contributed by atoms with Gasteiger partial charge in [-0.25, -0.2) is 4.98 Å². The monoisotopic (exact) mass is 447 g/mol. The van der Waals surface area contributed by atoms with Crippen molar-refractivity contribution in [2.75, 3.05) is 25.9 Å². The van der Waals surface area contributed by atoms with E-state index in [1.807, 2.05) is 0 Å². The molecule has 0 radical (unpaired) electrons. The van der Waals surface area contributed by atoms with Crippen LogP contribution in [0.5, 0.6) is 5.75 Å². The highest BCUT2D eigenvalue weighted by atomic mass is 19.3. The lowest BCUT2D eigenvalue weighted by molar-refractivity contribution is -0.0494. The smallest absolute Gasteiger partial charge is 0.387 e. The fourth-order valence-corrected chi connectivity index (χ4v) is 5.83. The number of ether oxygens (including phenoxy) is 2. The largest absolute Gasteiger partial charge is 0.431 e. The van der Waals surface area contributed by atoms with Crippen LogP contribution in [0.2, 0.25) is 0 Å². The number of methoxy groups -OCH3 is 1. The topological polar surface area (TPSA) is 78.4 Å². The molecule has 2 aliphatic carbocycles. The molecule has 32 heavy (non-hydrogen) atoms. The van der Waals surface area contributed by atoms with E-state index in [1.165, 1.54) is 24.6 Å². The van der Waals surface area contributed by atoms with Crippen LogP contribution in [0.3, 0.4) is 0 Å². The Labute approximate surface area is 186 Å². The molecule has 3 heterocycles. The summed E-state index contributed by atoms with van der Waals surface area (Å²) < 4.78 is 37.5. The Bertz CT molecular complexity index is 969. The molecule has 7 nitrogen and oxygen atoms in total. The molecule has 0 bridgehead atoms. The highest BCUT2D eigenvalue weighted by Crippen LogP contribution is 2.64. The number of hydrogen-bond donors (Lipinski definition) is 1. The molecule has 1 aliphatic heterocycles. The average molecular weight is 448 g/mol. The van der Waals surface area contributed by atoms with E-state index in [2.05, 4.69) is 39.2 Å². The van der Waals surface area contributed by atoms with Gasteiger partial charge in [0.15, 0.2) is 11.6 Å². The van der Waals surface area contributed by atoms with Crippen molar-refractivity contribution in [2.45, 2.75) is 63.8 Å². The Balaban J connectivity index is 1.34. The van der Waals surface area contributed by atoms with E-state index in [4.69, 9.17) is 15.6 Å². The van der Waals surface area contributed by atoms with Gasteiger partial charge in [-0.1, -0.05) is 0 Å². The Kier molecular flexibility index (Phi) is 5.57. The second-order valence-electron chi connectivity index (χ2n) is 9.60. The number of nitrogens with two attached hydrogens (primary N) is 1. The molecule has 5 rings (SSSR count). The van der Waals surface area contributed by atoms with Crippen LogP contribution in [0.1, 0.15) is 50.8 Å².